The summed E-state index contributed by atoms with van der Waals surface area (Å²) in [5, 5.41) is 11.8. The van der Waals surface area contributed by atoms with Crippen LogP contribution in [-0.4, -0.2) is 35.1 Å². The largest absolute Gasteiger partial charge is 0.481 e. The van der Waals surface area contributed by atoms with Gasteiger partial charge in [-0.15, -0.1) is 0 Å². The molecule has 1 aromatic carbocycles. The van der Waals surface area contributed by atoms with Gasteiger partial charge in [-0.3, -0.25) is 4.79 Å². The Morgan fingerprint density at radius 3 is 2.89 bits per heavy atom. The van der Waals surface area contributed by atoms with Gasteiger partial charge in [0.2, 0.25) is 0 Å². The van der Waals surface area contributed by atoms with Crippen molar-refractivity contribution >= 4 is 33.6 Å². The molecule has 1 atom stereocenters. The minimum atomic E-state index is -0.833. The van der Waals surface area contributed by atoms with Gasteiger partial charge in [0, 0.05) is 23.2 Å². The van der Waals surface area contributed by atoms with E-state index in [1.165, 1.54) is 0 Å². The molecule has 0 bridgehead atoms. The highest BCUT2D eigenvalue weighted by atomic mass is 79.9. The number of carboxylic acid groups (broad SMARTS) is 1. The Morgan fingerprint density at radius 1 is 1.42 bits per heavy atom. The molecular weight excluding hydrogens is 312 g/mol. The van der Waals surface area contributed by atoms with E-state index < -0.39 is 11.9 Å². The highest BCUT2D eigenvalue weighted by Crippen LogP contribution is 2.19. The fraction of sp³-hybridized carbons (Fsp3) is 0.385. The maximum Gasteiger partial charge on any atom is 0.321 e. The molecule has 2 amide bonds. The van der Waals surface area contributed by atoms with Crippen molar-refractivity contribution in [2.45, 2.75) is 12.8 Å². The van der Waals surface area contributed by atoms with Crippen LogP contribution in [-0.2, 0) is 4.79 Å². The zero-order valence-electron chi connectivity index (χ0n) is 10.3. The van der Waals surface area contributed by atoms with Gasteiger partial charge in [-0.1, -0.05) is 22.0 Å². The molecule has 1 heterocycles. The lowest BCUT2D eigenvalue weighted by Crippen LogP contribution is -2.44. The minimum absolute atomic E-state index is 0.246. The van der Waals surface area contributed by atoms with E-state index in [2.05, 4.69) is 21.2 Å². The second kappa shape index (κ2) is 6.06. The molecule has 5 nitrogen and oxygen atoms in total. The Labute approximate surface area is 119 Å². The summed E-state index contributed by atoms with van der Waals surface area (Å²) in [5.41, 5.74) is 0.692. The van der Waals surface area contributed by atoms with Crippen LogP contribution in [0.2, 0.25) is 0 Å². The molecule has 0 aliphatic carbocycles. The van der Waals surface area contributed by atoms with Crippen LogP contribution in [0.4, 0.5) is 10.5 Å². The number of nitrogens with one attached hydrogen (secondary N) is 1. The third kappa shape index (κ3) is 3.70. The molecule has 1 aliphatic rings. The Balaban J connectivity index is 1.98. The number of amides is 2. The summed E-state index contributed by atoms with van der Waals surface area (Å²) in [6.45, 7) is 0.874. The molecule has 19 heavy (non-hydrogen) atoms. The van der Waals surface area contributed by atoms with Crippen molar-refractivity contribution in [3.8, 4) is 0 Å². The van der Waals surface area contributed by atoms with E-state index >= 15 is 0 Å². The van der Waals surface area contributed by atoms with Crippen molar-refractivity contribution in [2.24, 2.45) is 5.92 Å². The van der Waals surface area contributed by atoms with Crippen molar-refractivity contribution in [3.63, 3.8) is 0 Å². The van der Waals surface area contributed by atoms with E-state index in [0.29, 0.717) is 18.7 Å². The summed E-state index contributed by atoms with van der Waals surface area (Å²) in [6, 6.07) is 7.05. The monoisotopic (exact) mass is 326 g/mol. The third-order valence-corrected chi connectivity index (χ3v) is 3.63. The number of anilines is 1. The molecule has 0 radical (unpaired) electrons. The minimum Gasteiger partial charge on any atom is -0.481 e. The topological polar surface area (TPSA) is 69.6 Å². The SMILES string of the molecule is O=C(O)[C@H]1CCCN(C(=O)Nc2cccc(Br)c2)C1. The van der Waals surface area contributed by atoms with E-state index in [-0.39, 0.29) is 12.6 Å². The van der Waals surface area contributed by atoms with Gasteiger partial charge in [-0.2, -0.15) is 0 Å². The van der Waals surface area contributed by atoms with Gasteiger partial charge in [0.05, 0.1) is 5.92 Å². The van der Waals surface area contributed by atoms with E-state index in [4.69, 9.17) is 5.11 Å². The summed E-state index contributed by atoms with van der Waals surface area (Å²) >= 11 is 3.33. The first kappa shape index (κ1) is 13.9. The Bertz CT molecular complexity index is 493. The lowest BCUT2D eigenvalue weighted by Gasteiger charge is -2.30. The van der Waals surface area contributed by atoms with E-state index in [0.717, 1.165) is 10.9 Å². The van der Waals surface area contributed by atoms with Gasteiger partial charge in [-0.05, 0) is 31.0 Å². The second-order valence-electron chi connectivity index (χ2n) is 4.56. The van der Waals surface area contributed by atoms with Gasteiger partial charge in [-0.25, -0.2) is 4.79 Å². The molecule has 1 saturated heterocycles. The number of piperidine rings is 1. The lowest BCUT2D eigenvalue weighted by molar-refractivity contribution is -0.143. The van der Waals surface area contributed by atoms with Crippen molar-refractivity contribution in [1.82, 2.24) is 4.90 Å². The predicted molar refractivity (Wildman–Crippen MR) is 75.1 cm³/mol. The van der Waals surface area contributed by atoms with Crippen LogP contribution in [0.25, 0.3) is 0 Å². The maximum absolute atomic E-state index is 12.1. The van der Waals surface area contributed by atoms with Crippen LogP contribution < -0.4 is 5.32 Å². The summed E-state index contributed by atoms with van der Waals surface area (Å²) in [7, 11) is 0. The van der Waals surface area contributed by atoms with Gasteiger partial charge < -0.3 is 15.3 Å². The first-order chi connectivity index (χ1) is 9.06. The lowest BCUT2D eigenvalue weighted by atomic mass is 9.99. The number of hydrogen-bond donors (Lipinski definition) is 2. The van der Waals surface area contributed by atoms with Crippen LogP contribution in [0.3, 0.4) is 0 Å². The standard InChI is InChI=1S/C13H15BrN2O3/c14-10-4-1-5-11(7-10)15-13(19)16-6-2-3-9(8-16)12(17)18/h1,4-5,7,9H,2-3,6,8H2,(H,15,19)(H,17,18)/t9-/m0/s1. The Morgan fingerprint density at radius 2 is 2.21 bits per heavy atom. The molecule has 1 aromatic rings. The van der Waals surface area contributed by atoms with Crippen LogP contribution >= 0.6 is 15.9 Å². The molecule has 0 saturated carbocycles. The fourth-order valence-corrected chi connectivity index (χ4v) is 2.53. The van der Waals surface area contributed by atoms with Crippen LogP contribution in [0.15, 0.2) is 28.7 Å². The van der Waals surface area contributed by atoms with Crippen LogP contribution in [0, 0.1) is 5.92 Å². The average Bonchev–Trinajstić information content (AvgIpc) is 2.39. The quantitative estimate of drug-likeness (QED) is 0.877. The Hall–Kier alpha value is -1.56. The number of hydrogen-bond acceptors (Lipinski definition) is 2. The van der Waals surface area contributed by atoms with E-state index in [9.17, 15) is 9.59 Å². The zero-order valence-corrected chi connectivity index (χ0v) is 11.9. The number of halogens is 1. The van der Waals surface area contributed by atoms with Gasteiger partial charge in [0.25, 0.3) is 0 Å². The second-order valence-corrected chi connectivity index (χ2v) is 5.48. The van der Waals surface area contributed by atoms with Gasteiger partial charge in [0.15, 0.2) is 0 Å². The molecule has 2 N–H and O–H groups in total. The van der Waals surface area contributed by atoms with Crippen molar-refractivity contribution in [2.75, 3.05) is 18.4 Å². The first-order valence-electron chi connectivity index (χ1n) is 6.10. The number of aliphatic carboxylic acids is 1. The Kier molecular flexibility index (Phi) is 4.42. The molecular formula is C13H15BrN2O3. The normalized spacial score (nSPS) is 19.0. The fourth-order valence-electron chi connectivity index (χ4n) is 2.13. The molecule has 6 heteroatoms. The van der Waals surface area contributed by atoms with Crippen molar-refractivity contribution in [1.29, 1.82) is 0 Å². The van der Waals surface area contributed by atoms with E-state index in [1.807, 2.05) is 12.1 Å². The molecule has 102 valence electrons. The van der Waals surface area contributed by atoms with Gasteiger partial charge in [0.1, 0.15) is 0 Å². The molecule has 1 aliphatic heterocycles. The third-order valence-electron chi connectivity index (χ3n) is 3.13. The molecule has 0 spiro atoms. The summed E-state index contributed by atoms with van der Waals surface area (Å²) in [4.78, 5) is 24.6. The molecule has 2 rings (SSSR count). The predicted octanol–water partition coefficient (Wildman–Crippen LogP) is 2.78. The number of carboxylic acids is 1. The van der Waals surface area contributed by atoms with Crippen LogP contribution in [0.1, 0.15) is 12.8 Å². The average molecular weight is 327 g/mol. The summed E-state index contributed by atoms with van der Waals surface area (Å²) in [5.74, 6) is -1.29. The number of nitrogens with zero attached hydrogens (tertiary/aromatic N) is 1. The van der Waals surface area contributed by atoms with Gasteiger partial charge >= 0.3 is 12.0 Å². The maximum atomic E-state index is 12.1. The number of carbonyl (C=O) groups is 2. The number of benzene rings is 1. The van der Waals surface area contributed by atoms with Crippen molar-refractivity contribution in [3.05, 3.63) is 28.7 Å². The number of rotatable bonds is 2. The molecule has 1 fully saturated rings. The summed E-state index contributed by atoms with van der Waals surface area (Å²) in [6.07, 6.45) is 1.36. The molecule has 0 unspecified atom stereocenters. The van der Waals surface area contributed by atoms with E-state index in [1.54, 1.807) is 17.0 Å². The highest BCUT2D eigenvalue weighted by molar-refractivity contribution is 9.10. The highest BCUT2D eigenvalue weighted by Gasteiger charge is 2.28. The zero-order chi connectivity index (χ0) is 13.8. The number of carbonyl (C=O) groups excluding carboxylic acids is 1. The number of urea groups is 1. The first-order valence-corrected chi connectivity index (χ1v) is 6.90. The number of likely N-dealkylation sites (tertiary alicyclic amines) is 1. The van der Waals surface area contributed by atoms with Crippen LogP contribution in [0.5, 0.6) is 0 Å². The smallest absolute Gasteiger partial charge is 0.321 e. The molecule has 0 aromatic heterocycles. The van der Waals surface area contributed by atoms with Crippen molar-refractivity contribution < 1.29 is 14.7 Å². The summed E-state index contributed by atoms with van der Waals surface area (Å²) < 4.78 is 0.882.